The second kappa shape index (κ2) is 8.84. The Labute approximate surface area is 78.3 Å². The summed E-state index contributed by atoms with van der Waals surface area (Å²) in [6.07, 6.45) is 0. The van der Waals surface area contributed by atoms with Crippen LogP contribution in [0.3, 0.4) is 0 Å². The van der Waals surface area contributed by atoms with Crippen LogP contribution in [-0.2, 0) is 18.9 Å². The van der Waals surface area contributed by atoms with Gasteiger partial charge in [0.1, 0.15) is 0 Å². The number of nitrogens with zero attached hydrogens (tertiary/aromatic N) is 1. The minimum absolute atomic E-state index is 0. The molecule has 0 aliphatic rings. The van der Waals surface area contributed by atoms with E-state index in [9.17, 15) is 0 Å². The molecule has 3 heteroatoms. The van der Waals surface area contributed by atoms with E-state index >= 15 is 0 Å². The summed E-state index contributed by atoms with van der Waals surface area (Å²) in [4.78, 5) is 0. The Balaban J connectivity index is 0. The van der Waals surface area contributed by atoms with Crippen molar-refractivity contribution in [1.82, 2.24) is 0 Å². The van der Waals surface area contributed by atoms with Crippen molar-refractivity contribution in [3.8, 4) is 4.58 Å². The molecule has 0 bridgehead atoms. The average molecular weight is 258 g/mol. The van der Waals surface area contributed by atoms with Gasteiger partial charge in [-0.3, -0.25) is 0 Å². The molecular weight excluding hydrogens is 257 g/mol. The van der Waals surface area contributed by atoms with Crippen molar-refractivity contribution in [2.24, 2.45) is 0 Å². The Kier molecular flexibility index (Phi) is 20.4. The maximum absolute atomic E-state index is 7.32. The summed E-state index contributed by atoms with van der Waals surface area (Å²) in [6.45, 7) is 0. The van der Waals surface area contributed by atoms with Gasteiger partial charge < -0.3 is 0 Å². The second-order valence-corrected chi connectivity index (χ2v) is 0.610. The van der Waals surface area contributed by atoms with Crippen molar-refractivity contribution in [1.29, 1.82) is 5.26 Å². The Morgan fingerprint density at radius 1 is 1.75 bits per heavy atom. The van der Waals surface area contributed by atoms with Gasteiger partial charge in [0.05, 0.1) is 0 Å². The molecule has 0 spiro atoms. The molecular formula is CHIrKN. The molecule has 20 valence electrons. The summed E-state index contributed by atoms with van der Waals surface area (Å²) in [5.74, 6) is 0. The Morgan fingerprint density at radius 2 is 1.75 bits per heavy atom. The van der Waals surface area contributed by atoms with E-state index in [-0.39, 0.29) is 51.4 Å². The molecule has 0 fully saturated rings. The first-order chi connectivity index (χ1) is 1.41. The van der Waals surface area contributed by atoms with Gasteiger partial charge in [-0.05, 0) is 0 Å². The Morgan fingerprint density at radius 3 is 1.75 bits per heavy atom. The summed E-state index contributed by atoms with van der Waals surface area (Å²) in [5.41, 5.74) is 0. The van der Waals surface area contributed by atoms with Gasteiger partial charge in [-0.15, -0.1) is 0 Å². The third-order valence-electron chi connectivity index (χ3n) is 0. The molecule has 1 nitrogen and oxygen atoms in total. The topological polar surface area (TPSA) is 23.8 Å². The van der Waals surface area contributed by atoms with Crippen molar-refractivity contribution >= 4 is 51.4 Å². The van der Waals surface area contributed by atoms with Gasteiger partial charge in [-0.25, -0.2) is 0 Å². The van der Waals surface area contributed by atoms with E-state index in [1.165, 1.54) is 18.9 Å². The first-order valence-electron chi connectivity index (χ1n) is 0.390. The molecule has 0 aliphatic carbocycles. The first kappa shape index (κ1) is 9.24. The standard InChI is InChI=1S/CN.Ir.K.H/c1-2;;;. The molecule has 4 heavy (non-hydrogen) atoms. The van der Waals surface area contributed by atoms with Crippen molar-refractivity contribution in [3.63, 3.8) is 0 Å². The van der Waals surface area contributed by atoms with Gasteiger partial charge in [0.15, 0.2) is 0 Å². The third kappa shape index (κ3) is 9.23. The maximum atomic E-state index is 7.32. The van der Waals surface area contributed by atoms with E-state index in [1.54, 1.807) is 4.58 Å². The van der Waals surface area contributed by atoms with Crippen LogP contribution in [0.25, 0.3) is 0 Å². The zero-order chi connectivity index (χ0) is 2.71. The fourth-order valence-electron chi connectivity index (χ4n) is 0. The molecule has 0 aromatic carbocycles. The summed E-state index contributed by atoms with van der Waals surface area (Å²) in [6, 6.07) is 0. The summed E-state index contributed by atoms with van der Waals surface area (Å²) >= 11 is 1.43. The molecule has 0 N–H and O–H groups in total. The molecule has 0 amide bonds. The van der Waals surface area contributed by atoms with E-state index in [1.807, 2.05) is 0 Å². The SMILES string of the molecule is N#[C][Ir].[KH]. The molecule has 0 radical (unpaired) electrons. The van der Waals surface area contributed by atoms with Gasteiger partial charge in [-0.2, -0.15) is 0 Å². The van der Waals surface area contributed by atoms with Crippen LogP contribution in [0.4, 0.5) is 0 Å². The van der Waals surface area contributed by atoms with Crippen molar-refractivity contribution in [2.75, 3.05) is 0 Å². The van der Waals surface area contributed by atoms with E-state index in [2.05, 4.69) is 0 Å². The van der Waals surface area contributed by atoms with Crippen molar-refractivity contribution in [3.05, 3.63) is 0 Å². The summed E-state index contributed by atoms with van der Waals surface area (Å²) < 4.78 is 1.75. The van der Waals surface area contributed by atoms with Crippen LogP contribution in [0.5, 0.6) is 0 Å². The summed E-state index contributed by atoms with van der Waals surface area (Å²) in [5, 5.41) is 7.32. The van der Waals surface area contributed by atoms with E-state index in [0.29, 0.717) is 0 Å². The minimum atomic E-state index is 0. The fourth-order valence-corrected chi connectivity index (χ4v) is 0. The van der Waals surface area contributed by atoms with Crippen molar-refractivity contribution in [2.45, 2.75) is 0 Å². The van der Waals surface area contributed by atoms with E-state index < -0.39 is 0 Å². The Hall–Kier alpha value is 1.78. The fraction of sp³-hybridized carbons (Fsp3) is 0. The van der Waals surface area contributed by atoms with Crippen LogP contribution in [0.2, 0.25) is 0 Å². The molecule has 0 aromatic rings. The number of hydrogen-bond donors (Lipinski definition) is 0. The number of nitriles is 1. The van der Waals surface area contributed by atoms with Crippen LogP contribution in [0.1, 0.15) is 0 Å². The molecule has 0 rings (SSSR count). The molecule has 0 saturated heterocycles. The van der Waals surface area contributed by atoms with Gasteiger partial charge in [-0.1, -0.05) is 0 Å². The average Bonchev–Trinajstić information content (AvgIpc) is 0.918. The van der Waals surface area contributed by atoms with Crippen LogP contribution < -0.4 is 0 Å². The summed E-state index contributed by atoms with van der Waals surface area (Å²) in [7, 11) is 0. The van der Waals surface area contributed by atoms with E-state index in [0.717, 1.165) is 0 Å². The van der Waals surface area contributed by atoms with Crippen molar-refractivity contribution < 1.29 is 18.9 Å². The zero-order valence-corrected chi connectivity index (χ0v) is 3.68. The zero-order valence-electron chi connectivity index (χ0n) is 1.28. The second-order valence-electron chi connectivity index (χ2n) is 0.0745. The molecule has 0 aromatic heterocycles. The Bertz CT molecular complexity index is 29.5. The monoisotopic (exact) mass is 259 g/mol. The quantitative estimate of drug-likeness (QED) is 0.531. The van der Waals surface area contributed by atoms with Crippen LogP contribution >= 0.6 is 0 Å². The molecule has 0 atom stereocenters. The van der Waals surface area contributed by atoms with Gasteiger partial charge >= 0.3 is 80.1 Å². The normalized spacial score (nSPS) is 2.25. The van der Waals surface area contributed by atoms with Gasteiger partial charge in [0.25, 0.3) is 0 Å². The molecule has 0 heterocycles. The number of rotatable bonds is 0. The van der Waals surface area contributed by atoms with Gasteiger partial charge in [0.2, 0.25) is 0 Å². The first-order valence-corrected chi connectivity index (χ1v) is 1.59. The molecule has 0 aliphatic heterocycles. The third-order valence-corrected chi connectivity index (χ3v) is 0. The van der Waals surface area contributed by atoms with Gasteiger partial charge in [0, 0.05) is 0 Å². The van der Waals surface area contributed by atoms with Crippen LogP contribution in [0, 0.1) is 9.84 Å². The predicted molar refractivity (Wildman–Crippen MR) is 12.8 cm³/mol. The number of hydrogen-bond acceptors (Lipinski definition) is 1. The van der Waals surface area contributed by atoms with Crippen LogP contribution in [0.15, 0.2) is 0 Å². The van der Waals surface area contributed by atoms with E-state index in [4.69, 9.17) is 5.26 Å². The predicted octanol–water partition coefficient (Wildman–Crippen LogP) is -0.634. The van der Waals surface area contributed by atoms with Crippen LogP contribution in [-0.4, -0.2) is 51.4 Å². The molecule has 0 unspecified atom stereocenters. The molecule has 0 saturated carbocycles.